The van der Waals surface area contributed by atoms with Crippen molar-refractivity contribution >= 4 is 0 Å². The van der Waals surface area contributed by atoms with Crippen LogP contribution >= 0.6 is 0 Å². The van der Waals surface area contributed by atoms with Gasteiger partial charge in [-0.05, 0) is 121 Å². The molecule has 0 unspecified atom stereocenters. The lowest BCUT2D eigenvalue weighted by atomic mass is 9.39. The molecule has 1 heterocycles. The van der Waals surface area contributed by atoms with E-state index in [9.17, 15) is 9.59 Å². The smallest absolute Gasteiger partial charge is 0.246 e. The third-order valence-corrected chi connectivity index (χ3v) is 13.4. The summed E-state index contributed by atoms with van der Waals surface area (Å²) in [6, 6.07) is 9.54. The van der Waals surface area contributed by atoms with Crippen LogP contribution < -0.4 is 11.4 Å². The van der Waals surface area contributed by atoms with Gasteiger partial charge >= 0.3 is 11.4 Å². The molecule has 0 spiro atoms. The SMILES string of the molecule is O=c1[nH]n([C@]23C4=C5CC[C@@H]2[C@@H]2[C@H]5[C@H]5CC[C@@H]2C2=C5[C@@H]5C[C@H]4[C@@H]4[C@@H]5[C@@H]2C[C@H]43)c(=O)n1-c1ccccc1. The fourth-order valence-electron chi connectivity index (χ4n) is 13.5. The Balaban J connectivity index is 1.28. The van der Waals surface area contributed by atoms with Crippen LogP contribution in [0.5, 0.6) is 0 Å². The standard InChI is InChI=1S/C30H29N3O2/c34-28-31-33(29(35)32(28)12-4-2-1-3-5-12)30-19-9-8-15-21-13-6-7-14(25(19)21)23-17-11-20(30)26-18(27(15)30)10-16(22(13)23)24(17)26/h1-5,13-14,16-21,24-26H,6-11H2,(H,31,34)/t13-,14-,16+,17-,18+,19-,20-,21+,24+,25-,26+,30-/m1/s1. The van der Waals surface area contributed by atoms with Gasteiger partial charge in [0.1, 0.15) is 0 Å². The number of benzene rings is 1. The zero-order chi connectivity index (χ0) is 22.5. The van der Waals surface area contributed by atoms with Crippen molar-refractivity contribution in [2.45, 2.75) is 44.1 Å². The zero-order valence-corrected chi connectivity index (χ0v) is 19.7. The Bertz CT molecular complexity index is 1590. The van der Waals surface area contributed by atoms with Crippen LogP contribution in [0, 0.1) is 65.1 Å². The number of hydrogen-bond acceptors (Lipinski definition) is 2. The van der Waals surface area contributed by atoms with Crippen LogP contribution in [0.15, 0.2) is 62.2 Å². The van der Waals surface area contributed by atoms with Crippen molar-refractivity contribution in [3.05, 3.63) is 73.6 Å². The summed E-state index contributed by atoms with van der Waals surface area (Å²) in [5.41, 5.74) is 7.45. The number of fused-ring (bicyclic) bond motifs is 2. The third-order valence-electron chi connectivity index (χ3n) is 13.4. The first-order valence-electron chi connectivity index (χ1n) is 14.2. The molecule has 1 N–H and O–H groups in total. The molecule has 4 bridgehead atoms. The molecule has 10 aliphatic rings. The highest BCUT2D eigenvalue weighted by Crippen LogP contribution is 2.85. The third kappa shape index (κ3) is 1.49. The minimum atomic E-state index is -0.267. The number of allylic oxidation sites excluding steroid dienone is 4. The van der Waals surface area contributed by atoms with Crippen LogP contribution in [0.3, 0.4) is 0 Å². The van der Waals surface area contributed by atoms with Gasteiger partial charge < -0.3 is 0 Å². The first-order chi connectivity index (χ1) is 17.2. The lowest BCUT2D eigenvalue weighted by Gasteiger charge is -2.66. The van der Waals surface area contributed by atoms with Crippen LogP contribution in [0.25, 0.3) is 5.69 Å². The second-order valence-electron chi connectivity index (χ2n) is 13.5. The van der Waals surface area contributed by atoms with E-state index in [0.717, 1.165) is 41.4 Å². The molecule has 5 heteroatoms. The second kappa shape index (κ2) is 5.12. The quantitative estimate of drug-likeness (QED) is 0.688. The molecular weight excluding hydrogens is 434 g/mol. The van der Waals surface area contributed by atoms with E-state index in [1.54, 1.807) is 11.1 Å². The maximum Gasteiger partial charge on any atom is 0.352 e. The second-order valence-corrected chi connectivity index (χ2v) is 13.5. The largest absolute Gasteiger partial charge is 0.352 e. The van der Waals surface area contributed by atoms with Gasteiger partial charge in [0.2, 0.25) is 0 Å². The lowest BCUT2D eigenvalue weighted by molar-refractivity contribution is -0.0620. The summed E-state index contributed by atoms with van der Waals surface area (Å²) < 4.78 is 3.36. The lowest BCUT2D eigenvalue weighted by Crippen LogP contribution is -2.65. The molecular formula is C30H29N3O2. The summed E-state index contributed by atoms with van der Waals surface area (Å²) in [4.78, 5) is 27.7. The number of rotatable bonds is 2. The average Bonchev–Trinajstić information content (AvgIpc) is 3.65. The minimum Gasteiger partial charge on any atom is -0.246 e. The summed E-state index contributed by atoms with van der Waals surface area (Å²) in [7, 11) is 0. The molecule has 12 atom stereocenters. The molecule has 176 valence electrons. The van der Waals surface area contributed by atoms with E-state index in [4.69, 9.17) is 0 Å². The Labute approximate surface area is 202 Å². The Morgan fingerprint density at radius 2 is 1.60 bits per heavy atom. The van der Waals surface area contributed by atoms with Crippen molar-refractivity contribution in [2.24, 2.45) is 65.1 Å². The molecule has 0 radical (unpaired) electrons. The molecule has 5 saturated carbocycles. The van der Waals surface area contributed by atoms with Gasteiger partial charge in [-0.3, -0.25) is 0 Å². The Morgan fingerprint density at radius 3 is 2.49 bits per heavy atom. The monoisotopic (exact) mass is 463 g/mol. The van der Waals surface area contributed by atoms with E-state index in [0.29, 0.717) is 29.4 Å². The van der Waals surface area contributed by atoms with Crippen molar-refractivity contribution in [1.29, 1.82) is 0 Å². The van der Waals surface area contributed by atoms with Gasteiger partial charge in [0.15, 0.2) is 0 Å². The highest BCUT2D eigenvalue weighted by molar-refractivity contribution is 5.56. The van der Waals surface area contributed by atoms with Gasteiger partial charge in [0.25, 0.3) is 0 Å². The average molecular weight is 464 g/mol. The van der Waals surface area contributed by atoms with Crippen molar-refractivity contribution in [3.8, 4) is 5.69 Å². The predicted octanol–water partition coefficient (Wildman–Crippen LogP) is 3.86. The molecule has 1 aromatic carbocycles. The topological polar surface area (TPSA) is 59.8 Å². The molecule has 0 saturated heterocycles. The maximum atomic E-state index is 14.3. The number of aromatic nitrogens is 3. The molecule has 0 amide bonds. The van der Waals surface area contributed by atoms with Gasteiger partial charge in [-0.15, -0.1) is 0 Å². The highest BCUT2D eigenvalue weighted by atomic mass is 16.2. The van der Waals surface area contributed by atoms with Gasteiger partial charge in [0, 0.05) is 0 Å². The molecule has 1 aromatic heterocycles. The highest BCUT2D eigenvalue weighted by Gasteiger charge is 2.81. The summed E-state index contributed by atoms with van der Waals surface area (Å²) in [5, 5.41) is 3.22. The first kappa shape index (κ1) is 17.8. The molecule has 35 heavy (non-hydrogen) atoms. The number of hydrogen-bond donors (Lipinski definition) is 1. The van der Waals surface area contributed by atoms with E-state index in [-0.39, 0.29) is 16.9 Å². The summed E-state index contributed by atoms with van der Waals surface area (Å²) >= 11 is 0. The predicted molar refractivity (Wildman–Crippen MR) is 129 cm³/mol. The zero-order valence-electron chi connectivity index (χ0n) is 19.7. The fraction of sp³-hybridized carbons (Fsp3) is 0.600. The summed E-state index contributed by atoms with van der Waals surface area (Å²) in [6.07, 6.45) is 7.86. The molecule has 5 fully saturated rings. The summed E-state index contributed by atoms with van der Waals surface area (Å²) in [6.45, 7) is 0. The normalized spacial score (nSPS) is 51.7. The van der Waals surface area contributed by atoms with Crippen molar-refractivity contribution in [3.63, 3.8) is 0 Å². The van der Waals surface area contributed by atoms with Crippen LogP contribution in [0.2, 0.25) is 0 Å². The molecule has 0 aliphatic heterocycles. The van der Waals surface area contributed by atoms with E-state index in [2.05, 4.69) is 5.10 Å². The number of H-pyrrole nitrogens is 1. The fourth-order valence-corrected chi connectivity index (χ4v) is 13.5. The van der Waals surface area contributed by atoms with Crippen LogP contribution in [0.4, 0.5) is 0 Å². The number of aromatic amines is 1. The Hall–Kier alpha value is -2.56. The summed E-state index contributed by atoms with van der Waals surface area (Å²) in [5.74, 6) is 7.92. The van der Waals surface area contributed by atoms with Gasteiger partial charge in [0.05, 0.1) is 11.2 Å². The van der Waals surface area contributed by atoms with E-state index < -0.39 is 0 Å². The van der Waals surface area contributed by atoms with Crippen molar-refractivity contribution < 1.29 is 0 Å². The van der Waals surface area contributed by atoms with Gasteiger partial charge in [-0.1, -0.05) is 34.9 Å². The van der Waals surface area contributed by atoms with Crippen LogP contribution in [0.1, 0.15) is 38.5 Å². The molecule has 5 nitrogen and oxygen atoms in total. The van der Waals surface area contributed by atoms with Crippen LogP contribution in [-0.4, -0.2) is 14.3 Å². The molecule has 2 aromatic rings. The Morgan fingerprint density at radius 1 is 0.800 bits per heavy atom. The molecule has 10 aliphatic carbocycles. The molecule has 12 rings (SSSR count). The maximum absolute atomic E-state index is 14.3. The van der Waals surface area contributed by atoms with Crippen molar-refractivity contribution in [1.82, 2.24) is 14.3 Å². The van der Waals surface area contributed by atoms with Gasteiger partial charge in [-0.2, -0.15) is 0 Å². The number of nitrogens with zero attached hydrogens (tertiary/aromatic N) is 2. The van der Waals surface area contributed by atoms with E-state index >= 15 is 0 Å². The first-order valence-corrected chi connectivity index (χ1v) is 14.2. The minimum absolute atomic E-state index is 0.130. The van der Waals surface area contributed by atoms with Crippen molar-refractivity contribution in [2.75, 3.05) is 0 Å². The van der Waals surface area contributed by atoms with E-state index in [1.165, 1.54) is 43.1 Å². The number of nitrogens with one attached hydrogen (secondary N) is 1. The van der Waals surface area contributed by atoms with Crippen LogP contribution in [-0.2, 0) is 5.54 Å². The number of para-hydroxylation sites is 1. The van der Waals surface area contributed by atoms with E-state index in [1.807, 2.05) is 46.2 Å². The Kier molecular flexibility index (Phi) is 2.60. The van der Waals surface area contributed by atoms with Gasteiger partial charge in [-0.25, -0.2) is 23.9 Å².